The topological polar surface area (TPSA) is 26.3 Å². The molecule has 0 fully saturated rings. The third-order valence-corrected chi connectivity index (χ3v) is 3.95. The molecule has 0 saturated heterocycles. The van der Waals surface area contributed by atoms with Crippen LogP contribution >= 0.6 is 47.8 Å². The molecule has 1 radical (unpaired) electrons. The molecule has 2 nitrogen and oxygen atoms in total. The molecule has 67 valence electrons. The largest absolute Gasteiger partial charge is 0.463 e. The van der Waals surface area contributed by atoms with Crippen LogP contribution in [0, 0.1) is 6.26 Å². The van der Waals surface area contributed by atoms with Crippen LogP contribution in [0.4, 0.5) is 0 Å². The standard InChI is InChI=1S/C8H2Br3O2/c9-5-1-2-12-7(5)4-3-13-8(11)6(4)10/h1-2H. The van der Waals surface area contributed by atoms with Crippen molar-refractivity contribution in [3.05, 3.63) is 32.2 Å². The quantitative estimate of drug-likeness (QED) is 0.732. The van der Waals surface area contributed by atoms with Gasteiger partial charge in [0.2, 0.25) is 0 Å². The highest BCUT2D eigenvalue weighted by Crippen LogP contribution is 2.38. The summed E-state index contributed by atoms with van der Waals surface area (Å²) in [6, 6.07) is 1.82. The number of furan rings is 2. The molecule has 5 heteroatoms. The van der Waals surface area contributed by atoms with E-state index >= 15 is 0 Å². The number of hydrogen-bond acceptors (Lipinski definition) is 2. The van der Waals surface area contributed by atoms with E-state index in [0.29, 0.717) is 10.4 Å². The van der Waals surface area contributed by atoms with Crippen molar-refractivity contribution in [2.45, 2.75) is 0 Å². The van der Waals surface area contributed by atoms with Gasteiger partial charge in [0, 0.05) is 0 Å². The predicted octanol–water partition coefficient (Wildman–Crippen LogP) is 4.63. The van der Waals surface area contributed by atoms with Crippen LogP contribution < -0.4 is 0 Å². The van der Waals surface area contributed by atoms with Gasteiger partial charge in [-0.25, -0.2) is 0 Å². The molecule has 0 aromatic carbocycles. The first-order chi connectivity index (χ1) is 6.20. The highest BCUT2D eigenvalue weighted by atomic mass is 79.9. The van der Waals surface area contributed by atoms with Gasteiger partial charge in [-0.2, -0.15) is 0 Å². The minimum Gasteiger partial charge on any atom is -0.463 e. The fourth-order valence-corrected chi connectivity index (χ4v) is 1.92. The van der Waals surface area contributed by atoms with Gasteiger partial charge in [-0.1, -0.05) is 0 Å². The van der Waals surface area contributed by atoms with Crippen molar-refractivity contribution < 1.29 is 8.83 Å². The van der Waals surface area contributed by atoms with Gasteiger partial charge in [-0.3, -0.25) is 0 Å². The van der Waals surface area contributed by atoms with E-state index in [2.05, 4.69) is 54.1 Å². The highest BCUT2D eigenvalue weighted by molar-refractivity contribution is 9.13. The molecule has 2 aromatic rings. The summed E-state index contributed by atoms with van der Waals surface area (Å²) in [6.45, 7) is 0. The summed E-state index contributed by atoms with van der Waals surface area (Å²) in [4.78, 5) is 0. The first kappa shape index (κ1) is 9.55. The van der Waals surface area contributed by atoms with E-state index in [-0.39, 0.29) is 0 Å². The van der Waals surface area contributed by atoms with Crippen LogP contribution in [-0.2, 0) is 0 Å². The van der Waals surface area contributed by atoms with Gasteiger partial charge in [0.1, 0.15) is 0 Å². The summed E-state index contributed by atoms with van der Waals surface area (Å²) < 4.78 is 12.6. The van der Waals surface area contributed by atoms with Crippen molar-refractivity contribution in [3.8, 4) is 11.3 Å². The van der Waals surface area contributed by atoms with E-state index in [1.54, 1.807) is 6.26 Å². The van der Waals surface area contributed by atoms with E-state index in [4.69, 9.17) is 8.83 Å². The van der Waals surface area contributed by atoms with Gasteiger partial charge in [0.15, 0.2) is 16.7 Å². The molecule has 0 aliphatic carbocycles. The lowest BCUT2D eigenvalue weighted by Gasteiger charge is -1.91. The maximum absolute atomic E-state index is 5.26. The van der Waals surface area contributed by atoms with Gasteiger partial charge < -0.3 is 8.83 Å². The molecule has 0 atom stereocenters. The molecular formula is C8H2Br3O2. The molecule has 2 heterocycles. The SMILES string of the molecule is Brc1ccoc1-c1[c]oc(Br)c1Br. The van der Waals surface area contributed by atoms with Crippen molar-refractivity contribution in [2.75, 3.05) is 0 Å². The van der Waals surface area contributed by atoms with Crippen LogP contribution in [0.5, 0.6) is 0 Å². The summed E-state index contributed by atoms with van der Waals surface area (Å²) in [7, 11) is 0. The molecule has 0 spiro atoms. The average molecular weight is 370 g/mol. The monoisotopic (exact) mass is 367 g/mol. The maximum atomic E-state index is 5.26. The van der Waals surface area contributed by atoms with E-state index in [1.807, 2.05) is 6.07 Å². The molecule has 0 N–H and O–H groups in total. The molecule has 13 heavy (non-hydrogen) atoms. The average Bonchev–Trinajstić information content (AvgIpc) is 2.62. The molecule has 0 aliphatic heterocycles. The van der Waals surface area contributed by atoms with Gasteiger partial charge in [-0.15, -0.1) is 0 Å². The van der Waals surface area contributed by atoms with Crippen molar-refractivity contribution >= 4 is 47.8 Å². The Morgan fingerprint density at radius 3 is 2.46 bits per heavy atom. The first-order valence-electron chi connectivity index (χ1n) is 3.29. The Morgan fingerprint density at radius 1 is 1.23 bits per heavy atom. The molecular weight excluding hydrogens is 368 g/mol. The number of hydrogen-bond donors (Lipinski definition) is 0. The van der Waals surface area contributed by atoms with Crippen LogP contribution in [0.1, 0.15) is 0 Å². The van der Waals surface area contributed by atoms with Gasteiger partial charge in [0.25, 0.3) is 0 Å². The van der Waals surface area contributed by atoms with E-state index in [1.165, 1.54) is 0 Å². The Bertz CT molecular complexity index is 430. The normalized spacial score (nSPS) is 10.7. The number of halogens is 3. The lowest BCUT2D eigenvalue weighted by atomic mass is 10.3. The fraction of sp³-hybridized carbons (Fsp3) is 0. The van der Waals surface area contributed by atoms with Crippen LogP contribution in [0.15, 0.2) is 34.8 Å². The Morgan fingerprint density at radius 2 is 2.00 bits per heavy atom. The summed E-state index contributed by atoms with van der Waals surface area (Å²) in [5, 5.41) is 0. The number of rotatable bonds is 1. The van der Waals surface area contributed by atoms with E-state index in [0.717, 1.165) is 14.5 Å². The van der Waals surface area contributed by atoms with Gasteiger partial charge >= 0.3 is 0 Å². The minimum absolute atomic E-state index is 0.603. The van der Waals surface area contributed by atoms with Gasteiger partial charge in [-0.05, 0) is 53.9 Å². The second kappa shape index (κ2) is 3.63. The summed E-state index contributed by atoms with van der Waals surface area (Å²) in [6.07, 6.45) is 4.32. The zero-order valence-electron chi connectivity index (χ0n) is 6.11. The Hall–Kier alpha value is 0. The van der Waals surface area contributed by atoms with Crippen molar-refractivity contribution in [3.63, 3.8) is 0 Å². The first-order valence-corrected chi connectivity index (χ1v) is 5.67. The van der Waals surface area contributed by atoms with E-state index < -0.39 is 0 Å². The van der Waals surface area contributed by atoms with Crippen molar-refractivity contribution in [1.82, 2.24) is 0 Å². The zero-order valence-corrected chi connectivity index (χ0v) is 10.9. The van der Waals surface area contributed by atoms with Crippen LogP contribution in [0.3, 0.4) is 0 Å². The molecule has 0 saturated carbocycles. The second-order valence-electron chi connectivity index (χ2n) is 2.26. The molecule has 0 amide bonds. The third-order valence-electron chi connectivity index (χ3n) is 1.48. The summed E-state index contributed by atoms with van der Waals surface area (Å²) in [5.74, 6) is 0.696. The van der Waals surface area contributed by atoms with Crippen molar-refractivity contribution in [1.29, 1.82) is 0 Å². The molecule has 2 aromatic heterocycles. The zero-order chi connectivity index (χ0) is 9.42. The fourth-order valence-electron chi connectivity index (χ4n) is 0.902. The summed E-state index contributed by atoms with van der Waals surface area (Å²) >= 11 is 9.93. The third kappa shape index (κ3) is 1.65. The lowest BCUT2D eigenvalue weighted by molar-refractivity contribution is 0.528. The predicted molar refractivity (Wildman–Crippen MR) is 58.3 cm³/mol. The maximum Gasteiger partial charge on any atom is 0.185 e. The highest BCUT2D eigenvalue weighted by Gasteiger charge is 2.16. The molecule has 0 unspecified atom stereocenters. The molecule has 2 rings (SSSR count). The van der Waals surface area contributed by atoms with E-state index in [9.17, 15) is 0 Å². The smallest absolute Gasteiger partial charge is 0.185 e. The van der Waals surface area contributed by atoms with Crippen molar-refractivity contribution in [2.24, 2.45) is 0 Å². The Kier molecular flexibility index (Phi) is 2.67. The van der Waals surface area contributed by atoms with Crippen LogP contribution in [0.25, 0.3) is 11.3 Å². The van der Waals surface area contributed by atoms with Crippen LogP contribution in [-0.4, -0.2) is 0 Å². The molecule has 0 bridgehead atoms. The Labute approximate surface area is 99.7 Å². The second-order valence-corrected chi connectivity index (χ2v) is 4.63. The minimum atomic E-state index is 0.603. The van der Waals surface area contributed by atoms with Crippen LogP contribution in [0.2, 0.25) is 0 Å². The summed E-state index contributed by atoms with van der Waals surface area (Å²) in [5.41, 5.74) is 0.753. The Balaban J connectivity index is 2.59. The lowest BCUT2D eigenvalue weighted by Crippen LogP contribution is -1.70. The molecule has 0 aliphatic rings. The van der Waals surface area contributed by atoms with Gasteiger partial charge in [0.05, 0.1) is 20.8 Å².